The van der Waals surface area contributed by atoms with Crippen molar-refractivity contribution in [1.29, 1.82) is 0 Å². The summed E-state index contributed by atoms with van der Waals surface area (Å²) in [5, 5.41) is 2.48. The van der Waals surface area contributed by atoms with Crippen molar-refractivity contribution in [2.24, 2.45) is 0 Å². The number of ether oxygens (including phenoxy) is 2. The van der Waals surface area contributed by atoms with Crippen molar-refractivity contribution in [1.82, 2.24) is 5.32 Å². The molecule has 1 atom stereocenters. The third-order valence-corrected chi connectivity index (χ3v) is 5.67. The molecule has 7 nitrogen and oxygen atoms in total. The van der Waals surface area contributed by atoms with Crippen LogP contribution in [-0.2, 0) is 27.5 Å². The lowest BCUT2D eigenvalue weighted by atomic mass is 10.1. The fourth-order valence-corrected chi connectivity index (χ4v) is 4.13. The summed E-state index contributed by atoms with van der Waals surface area (Å²) in [6, 6.07) is 7.71. The summed E-state index contributed by atoms with van der Waals surface area (Å²) >= 11 is 0. The van der Waals surface area contributed by atoms with Gasteiger partial charge in [-0.25, -0.2) is 8.42 Å². The molecule has 0 saturated carbocycles. The molecular formula is C20H23F3N2O5S. The number of nitrogens with zero attached hydrogens (tertiary/aromatic N) is 1. The highest BCUT2D eigenvalue weighted by molar-refractivity contribution is 7.92. The first-order valence-corrected chi connectivity index (χ1v) is 10.9. The molecule has 0 saturated heterocycles. The number of amides is 1. The van der Waals surface area contributed by atoms with Crippen LogP contribution in [0.4, 0.5) is 18.9 Å². The van der Waals surface area contributed by atoms with Gasteiger partial charge in [-0.3, -0.25) is 9.10 Å². The minimum absolute atomic E-state index is 0.168. The van der Waals surface area contributed by atoms with E-state index in [0.717, 1.165) is 22.7 Å². The molecule has 170 valence electrons. The van der Waals surface area contributed by atoms with Crippen LogP contribution in [0.15, 0.2) is 42.5 Å². The normalized spacial score (nSPS) is 12.7. The van der Waals surface area contributed by atoms with Gasteiger partial charge >= 0.3 is 6.18 Å². The Hall–Kier alpha value is -2.95. The van der Waals surface area contributed by atoms with Crippen molar-refractivity contribution in [3.05, 3.63) is 53.6 Å². The topological polar surface area (TPSA) is 84.9 Å². The highest BCUT2D eigenvalue weighted by Crippen LogP contribution is 2.33. The van der Waals surface area contributed by atoms with E-state index in [1.165, 1.54) is 51.5 Å². The number of carbonyl (C=O) groups is 1. The van der Waals surface area contributed by atoms with Crippen molar-refractivity contribution in [3.8, 4) is 11.5 Å². The lowest BCUT2D eigenvalue weighted by Gasteiger charge is -2.28. The molecular weight excluding hydrogens is 437 g/mol. The average molecular weight is 460 g/mol. The summed E-state index contributed by atoms with van der Waals surface area (Å²) in [5.41, 5.74) is -0.440. The van der Waals surface area contributed by atoms with Crippen LogP contribution in [0.5, 0.6) is 11.5 Å². The Bertz CT molecular complexity index is 1040. The molecule has 0 aromatic heterocycles. The van der Waals surface area contributed by atoms with Gasteiger partial charge in [0.1, 0.15) is 6.04 Å². The third kappa shape index (κ3) is 6.03. The fraction of sp³-hybridized carbons (Fsp3) is 0.350. The number of alkyl halides is 3. The number of benzene rings is 2. The van der Waals surface area contributed by atoms with Crippen LogP contribution in [-0.4, -0.2) is 40.8 Å². The van der Waals surface area contributed by atoms with Gasteiger partial charge in [-0.15, -0.1) is 0 Å². The molecule has 0 heterocycles. The van der Waals surface area contributed by atoms with Gasteiger partial charge in [-0.05, 0) is 36.8 Å². The molecule has 0 spiro atoms. The van der Waals surface area contributed by atoms with Crippen LogP contribution in [0.3, 0.4) is 0 Å². The van der Waals surface area contributed by atoms with E-state index in [9.17, 15) is 26.4 Å². The summed E-state index contributed by atoms with van der Waals surface area (Å²) in [6.45, 7) is 1.18. The van der Waals surface area contributed by atoms with Crippen LogP contribution in [0.1, 0.15) is 18.1 Å². The van der Waals surface area contributed by atoms with E-state index in [1.807, 2.05) is 0 Å². The molecule has 2 aromatic rings. The van der Waals surface area contributed by atoms with Crippen LogP contribution < -0.4 is 19.1 Å². The van der Waals surface area contributed by atoms with Crippen LogP contribution >= 0.6 is 0 Å². The minimum atomic E-state index is -4.51. The predicted molar refractivity (Wildman–Crippen MR) is 110 cm³/mol. The quantitative estimate of drug-likeness (QED) is 0.654. The molecule has 0 unspecified atom stereocenters. The van der Waals surface area contributed by atoms with Gasteiger partial charge in [-0.2, -0.15) is 13.2 Å². The molecule has 2 rings (SSSR count). The van der Waals surface area contributed by atoms with Crippen molar-refractivity contribution >= 4 is 21.6 Å². The number of rotatable bonds is 8. The fourth-order valence-electron chi connectivity index (χ4n) is 2.97. The minimum Gasteiger partial charge on any atom is -0.493 e. The van der Waals surface area contributed by atoms with Crippen LogP contribution in [0.25, 0.3) is 0 Å². The zero-order valence-corrected chi connectivity index (χ0v) is 18.2. The summed E-state index contributed by atoms with van der Waals surface area (Å²) < 4.78 is 74.6. The smallest absolute Gasteiger partial charge is 0.416 e. The second-order valence-electron chi connectivity index (χ2n) is 6.69. The molecule has 2 aromatic carbocycles. The van der Waals surface area contributed by atoms with Gasteiger partial charge < -0.3 is 14.8 Å². The Morgan fingerprint density at radius 1 is 1.10 bits per heavy atom. The SMILES string of the molecule is COc1ccc(N([C@H](C)C(=O)NCc2cccc(C(F)(F)F)c2)S(C)(=O)=O)cc1OC. The highest BCUT2D eigenvalue weighted by atomic mass is 32.2. The summed E-state index contributed by atoms with van der Waals surface area (Å²) in [5.74, 6) is -0.0378. The van der Waals surface area contributed by atoms with Crippen molar-refractivity contribution < 1.29 is 35.9 Å². The molecule has 0 aliphatic rings. The molecule has 0 aliphatic heterocycles. The van der Waals surface area contributed by atoms with Crippen molar-refractivity contribution in [2.45, 2.75) is 25.7 Å². The van der Waals surface area contributed by atoms with E-state index in [1.54, 1.807) is 0 Å². The number of carbonyl (C=O) groups excluding carboxylic acids is 1. The van der Waals surface area contributed by atoms with E-state index in [0.29, 0.717) is 5.75 Å². The second-order valence-corrected chi connectivity index (χ2v) is 8.55. The molecule has 11 heteroatoms. The van der Waals surface area contributed by atoms with Crippen molar-refractivity contribution in [3.63, 3.8) is 0 Å². The Labute approximate surface area is 178 Å². The number of anilines is 1. The largest absolute Gasteiger partial charge is 0.493 e. The monoisotopic (exact) mass is 460 g/mol. The number of hydrogen-bond acceptors (Lipinski definition) is 5. The third-order valence-electron chi connectivity index (χ3n) is 4.43. The van der Waals surface area contributed by atoms with Gasteiger partial charge in [0.2, 0.25) is 15.9 Å². The standard InChI is InChI=1S/C20H23F3N2O5S/c1-13(19(26)24-12-14-6-5-7-15(10-14)20(21,22)23)25(31(4,27)28)16-8-9-17(29-2)18(11-16)30-3/h5-11,13H,12H2,1-4H3,(H,24,26)/t13-/m1/s1. The highest BCUT2D eigenvalue weighted by Gasteiger charge is 2.31. The van der Waals surface area contributed by atoms with Gasteiger partial charge in [-0.1, -0.05) is 12.1 Å². The van der Waals surface area contributed by atoms with Gasteiger partial charge in [0.15, 0.2) is 11.5 Å². The Kier molecular flexibility index (Phi) is 7.42. The summed E-state index contributed by atoms with van der Waals surface area (Å²) in [7, 11) is -1.08. The maximum atomic E-state index is 12.9. The Balaban J connectivity index is 2.25. The average Bonchev–Trinajstić information content (AvgIpc) is 2.70. The zero-order chi connectivity index (χ0) is 23.4. The lowest BCUT2D eigenvalue weighted by Crippen LogP contribution is -2.47. The zero-order valence-electron chi connectivity index (χ0n) is 17.4. The Morgan fingerprint density at radius 2 is 1.74 bits per heavy atom. The molecule has 31 heavy (non-hydrogen) atoms. The lowest BCUT2D eigenvalue weighted by molar-refractivity contribution is -0.137. The number of hydrogen-bond donors (Lipinski definition) is 1. The molecule has 0 aliphatic carbocycles. The maximum absolute atomic E-state index is 12.9. The molecule has 0 bridgehead atoms. The number of nitrogens with one attached hydrogen (secondary N) is 1. The van der Waals surface area contributed by atoms with Crippen molar-refractivity contribution in [2.75, 3.05) is 24.8 Å². The van der Waals surface area contributed by atoms with E-state index in [2.05, 4.69) is 5.32 Å². The van der Waals surface area contributed by atoms with E-state index >= 15 is 0 Å². The number of sulfonamides is 1. The number of halogens is 3. The number of methoxy groups -OCH3 is 2. The van der Waals surface area contributed by atoms with Crippen LogP contribution in [0.2, 0.25) is 0 Å². The maximum Gasteiger partial charge on any atom is 0.416 e. The predicted octanol–water partition coefficient (Wildman–Crippen LogP) is 3.19. The first kappa shape index (κ1) is 24.3. The van der Waals surface area contributed by atoms with Gasteiger partial charge in [0, 0.05) is 12.6 Å². The molecule has 1 N–H and O–H groups in total. The first-order chi connectivity index (χ1) is 14.4. The molecule has 1 amide bonds. The van der Waals surface area contributed by atoms with E-state index in [4.69, 9.17) is 9.47 Å². The molecule has 0 fully saturated rings. The Morgan fingerprint density at radius 3 is 2.29 bits per heavy atom. The second kappa shape index (κ2) is 9.46. The summed E-state index contributed by atoms with van der Waals surface area (Å²) in [6.07, 6.45) is -3.56. The van der Waals surface area contributed by atoms with E-state index in [-0.39, 0.29) is 23.5 Å². The van der Waals surface area contributed by atoms with Crippen LogP contribution in [0, 0.1) is 0 Å². The van der Waals surface area contributed by atoms with E-state index < -0.39 is 33.7 Å². The van der Waals surface area contributed by atoms with Gasteiger partial charge in [0.25, 0.3) is 0 Å². The molecule has 0 radical (unpaired) electrons. The summed E-state index contributed by atoms with van der Waals surface area (Å²) in [4.78, 5) is 12.6. The first-order valence-electron chi connectivity index (χ1n) is 9.03. The van der Waals surface area contributed by atoms with Gasteiger partial charge in [0.05, 0.1) is 31.7 Å².